The van der Waals surface area contributed by atoms with Gasteiger partial charge in [-0.25, -0.2) is 0 Å². The second-order valence-electron chi connectivity index (χ2n) is 5.45. The summed E-state index contributed by atoms with van der Waals surface area (Å²) in [6.07, 6.45) is 0. The van der Waals surface area contributed by atoms with Gasteiger partial charge in [0, 0.05) is 19.2 Å². The van der Waals surface area contributed by atoms with E-state index in [1.54, 1.807) is 36.2 Å². The molecule has 3 rings (SSSR count). The average molecular weight is 348 g/mol. The fourth-order valence-electron chi connectivity index (χ4n) is 2.35. The van der Waals surface area contributed by atoms with Crippen LogP contribution in [0.3, 0.4) is 0 Å². The van der Waals surface area contributed by atoms with Crippen LogP contribution in [0.5, 0.6) is 17.2 Å². The molecule has 1 amide bonds. The van der Waals surface area contributed by atoms with Crippen LogP contribution in [0.2, 0.25) is 5.02 Å². The Balaban J connectivity index is 1.71. The van der Waals surface area contributed by atoms with Crippen molar-refractivity contribution in [1.29, 1.82) is 0 Å². The van der Waals surface area contributed by atoms with E-state index in [1.807, 2.05) is 19.1 Å². The summed E-state index contributed by atoms with van der Waals surface area (Å²) in [7, 11) is 1.77. The predicted molar refractivity (Wildman–Crippen MR) is 91.0 cm³/mol. The minimum absolute atomic E-state index is 0.0333. The van der Waals surface area contributed by atoms with Crippen molar-refractivity contribution < 1.29 is 19.0 Å². The Morgan fingerprint density at radius 3 is 2.92 bits per heavy atom. The molecule has 5 nitrogen and oxygen atoms in total. The van der Waals surface area contributed by atoms with Gasteiger partial charge in [0.15, 0.2) is 11.5 Å². The number of halogens is 1. The van der Waals surface area contributed by atoms with Crippen LogP contribution >= 0.6 is 11.6 Å². The molecule has 0 aromatic heterocycles. The molecule has 0 saturated heterocycles. The maximum atomic E-state index is 12.2. The second kappa shape index (κ2) is 7.01. The van der Waals surface area contributed by atoms with Gasteiger partial charge in [0.2, 0.25) is 6.79 Å². The minimum atomic E-state index is -0.0333. The topological polar surface area (TPSA) is 48.0 Å². The number of hydrogen-bond acceptors (Lipinski definition) is 4. The maximum Gasteiger partial charge on any atom is 0.253 e. The van der Waals surface area contributed by atoms with E-state index < -0.39 is 0 Å². The molecule has 0 atom stereocenters. The second-order valence-corrected chi connectivity index (χ2v) is 5.85. The Hall–Kier alpha value is -2.40. The normalized spacial score (nSPS) is 12.1. The number of rotatable bonds is 5. The first-order valence-electron chi connectivity index (χ1n) is 7.65. The van der Waals surface area contributed by atoms with Crippen molar-refractivity contribution in [3.8, 4) is 17.2 Å². The largest absolute Gasteiger partial charge is 0.489 e. The van der Waals surface area contributed by atoms with Crippen molar-refractivity contribution in [3.63, 3.8) is 0 Å². The van der Waals surface area contributed by atoms with Gasteiger partial charge >= 0.3 is 0 Å². The van der Waals surface area contributed by atoms with Gasteiger partial charge in [-0.15, -0.1) is 0 Å². The van der Waals surface area contributed by atoms with Crippen LogP contribution in [0.15, 0.2) is 36.4 Å². The predicted octanol–water partition coefficient (Wildman–Crippen LogP) is 3.74. The summed E-state index contributed by atoms with van der Waals surface area (Å²) >= 11 is 6.16. The Morgan fingerprint density at radius 1 is 1.29 bits per heavy atom. The maximum absolute atomic E-state index is 12.2. The SMILES string of the molecule is CCN(C)C(=O)c1cccc(OCc2cc(Cl)c3c(c2)OCO3)c1. The van der Waals surface area contributed by atoms with Gasteiger partial charge in [-0.2, -0.15) is 0 Å². The summed E-state index contributed by atoms with van der Waals surface area (Å²) in [5, 5.41) is 0.497. The lowest BCUT2D eigenvalue weighted by Gasteiger charge is -2.15. The molecule has 0 aliphatic carbocycles. The van der Waals surface area contributed by atoms with Crippen molar-refractivity contribution in [3.05, 3.63) is 52.5 Å². The Bertz CT molecular complexity index is 763. The van der Waals surface area contributed by atoms with Crippen molar-refractivity contribution in [2.75, 3.05) is 20.4 Å². The Kier molecular flexibility index (Phi) is 4.81. The molecular formula is C18H18ClNO4. The number of ether oxygens (including phenoxy) is 3. The summed E-state index contributed by atoms with van der Waals surface area (Å²) < 4.78 is 16.4. The van der Waals surface area contributed by atoms with Crippen LogP contribution in [0.4, 0.5) is 0 Å². The molecule has 1 heterocycles. The van der Waals surface area contributed by atoms with E-state index in [0.717, 1.165) is 5.56 Å². The number of benzene rings is 2. The number of carbonyl (C=O) groups excluding carboxylic acids is 1. The van der Waals surface area contributed by atoms with Crippen LogP contribution in [-0.2, 0) is 6.61 Å². The van der Waals surface area contributed by atoms with Crippen LogP contribution < -0.4 is 14.2 Å². The van der Waals surface area contributed by atoms with Gasteiger partial charge in [-0.3, -0.25) is 4.79 Å². The molecule has 6 heteroatoms. The van der Waals surface area contributed by atoms with Gasteiger partial charge in [0.1, 0.15) is 12.4 Å². The van der Waals surface area contributed by atoms with Crippen LogP contribution in [0.25, 0.3) is 0 Å². The Morgan fingerprint density at radius 2 is 2.12 bits per heavy atom. The number of hydrogen-bond donors (Lipinski definition) is 0. The van der Waals surface area contributed by atoms with Crippen molar-refractivity contribution >= 4 is 17.5 Å². The molecule has 2 aromatic carbocycles. The highest BCUT2D eigenvalue weighted by atomic mass is 35.5. The van der Waals surface area contributed by atoms with E-state index in [4.69, 9.17) is 25.8 Å². The monoisotopic (exact) mass is 347 g/mol. The first-order chi connectivity index (χ1) is 11.6. The fourth-order valence-corrected chi connectivity index (χ4v) is 2.64. The summed E-state index contributed by atoms with van der Waals surface area (Å²) in [5.74, 6) is 1.78. The van der Waals surface area contributed by atoms with Gasteiger partial charge in [0.25, 0.3) is 5.91 Å². The molecule has 24 heavy (non-hydrogen) atoms. The zero-order valence-corrected chi connectivity index (χ0v) is 14.3. The van der Waals surface area contributed by atoms with Crippen molar-refractivity contribution in [1.82, 2.24) is 4.90 Å². The number of nitrogens with zero attached hydrogens (tertiary/aromatic N) is 1. The number of amides is 1. The molecule has 0 radical (unpaired) electrons. The zero-order valence-electron chi connectivity index (χ0n) is 13.5. The molecule has 0 saturated carbocycles. The first-order valence-corrected chi connectivity index (χ1v) is 8.02. The average Bonchev–Trinajstić information content (AvgIpc) is 3.08. The highest BCUT2D eigenvalue weighted by Gasteiger charge is 2.18. The van der Waals surface area contributed by atoms with E-state index in [-0.39, 0.29) is 12.7 Å². The third kappa shape index (κ3) is 3.41. The lowest BCUT2D eigenvalue weighted by molar-refractivity contribution is 0.0802. The quantitative estimate of drug-likeness (QED) is 0.826. The fraction of sp³-hybridized carbons (Fsp3) is 0.278. The van der Waals surface area contributed by atoms with E-state index >= 15 is 0 Å². The molecule has 0 unspecified atom stereocenters. The highest BCUT2D eigenvalue weighted by molar-refractivity contribution is 6.32. The Labute approximate surface area is 145 Å². The van der Waals surface area contributed by atoms with E-state index in [9.17, 15) is 4.79 Å². The molecule has 0 N–H and O–H groups in total. The molecule has 126 valence electrons. The molecule has 0 bridgehead atoms. The van der Waals surface area contributed by atoms with Gasteiger partial charge < -0.3 is 19.1 Å². The third-order valence-electron chi connectivity index (χ3n) is 3.79. The van der Waals surface area contributed by atoms with E-state index in [1.165, 1.54) is 0 Å². The molecule has 1 aliphatic heterocycles. The minimum Gasteiger partial charge on any atom is -0.489 e. The van der Waals surface area contributed by atoms with Gasteiger partial charge in [-0.05, 0) is 42.8 Å². The standard InChI is InChI=1S/C18H18ClNO4/c1-3-20(2)18(21)13-5-4-6-14(9-13)22-10-12-7-15(19)17-16(8-12)23-11-24-17/h4-9H,3,10-11H2,1-2H3. The van der Waals surface area contributed by atoms with E-state index in [0.29, 0.717) is 41.0 Å². The van der Waals surface area contributed by atoms with Gasteiger partial charge in [0.05, 0.1) is 5.02 Å². The van der Waals surface area contributed by atoms with Crippen LogP contribution in [-0.4, -0.2) is 31.2 Å². The smallest absolute Gasteiger partial charge is 0.253 e. The molecular weight excluding hydrogens is 330 g/mol. The molecule has 2 aromatic rings. The van der Waals surface area contributed by atoms with Crippen LogP contribution in [0.1, 0.15) is 22.8 Å². The third-order valence-corrected chi connectivity index (χ3v) is 4.08. The summed E-state index contributed by atoms with van der Waals surface area (Å²) in [4.78, 5) is 13.8. The first kappa shape index (κ1) is 16.5. The summed E-state index contributed by atoms with van der Waals surface area (Å²) in [6.45, 7) is 3.08. The van der Waals surface area contributed by atoms with Crippen molar-refractivity contribution in [2.24, 2.45) is 0 Å². The zero-order chi connectivity index (χ0) is 17.1. The van der Waals surface area contributed by atoms with Crippen molar-refractivity contribution in [2.45, 2.75) is 13.5 Å². The lowest BCUT2D eigenvalue weighted by Crippen LogP contribution is -2.26. The number of fused-ring (bicyclic) bond motifs is 1. The molecule has 0 fully saturated rings. The van der Waals surface area contributed by atoms with E-state index in [2.05, 4.69) is 0 Å². The summed E-state index contributed by atoms with van der Waals surface area (Å²) in [6, 6.07) is 10.8. The molecule has 0 spiro atoms. The van der Waals surface area contributed by atoms with Gasteiger partial charge in [-0.1, -0.05) is 17.7 Å². The van der Waals surface area contributed by atoms with Crippen LogP contribution in [0, 0.1) is 0 Å². The number of carbonyl (C=O) groups is 1. The lowest BCUT2D eigenvalue weighted by atomic mass is 10.2. The molecule has 1 aliphatic rings. The summed E-state index contributed by atoms with van der Waals surface area (Å²) in [5.41, 5.74) is 1.47. The highest BCUT2D eigenvalue weighted by Crippen LogP contribution is 2.39.